The number of nitrogens with zero attached hydrogens (tertiary/aromatic N) is 2. The molecular weight excluding hydrogens is 407 g/mol. The molecule has 0 spiro atoms. The lowest BCUT2D eigenvalue weighted by Gasteiger charge is -2.06. The number of benzene rings is 2. The van der Waals surface area contributed by atoms with E-state index < -0.39 is 10.0 Å². The third-order valence-corrected chi connectivity index (χ3v) is 5.39. The summed E-state index contributed by atoms with van der Waals surface area (Å²) < 4.78 is 46.1. The van der Waals surface area contributed by atoms with Crippen LogP contribution in [-0.4, -0.2) is 23.6 Å². The Morgan fingerprint density at radius 1 is 1.04 bits per heavy atom. The molecule has 0 atom stereocenters. The number of rotatable bonds is 5. The highest BCUT2D eigenvalue weighted by Gasteiger charge is 2.19. The van der Waals surface area contributed by atoms with Crippen molar-refractivity contribution in [2.24, 2.45) is 0 Å². The maximum Gasteiger partial charge on any atom is 0.264 e. The first-order valence-corrected chi connectivity index (χ1v) is 9.83. The van der Waals surface area contributed by atoms with E-state index in [2.05, 4.69) is 19.9 Å². The maximum absolute atomic E-state index is 13.0. The molecule has 142 valence electrons. The number of H-pyrrole nitrogens is 1. The standard InChI is InChI=1S/C18H12ClFN4O3S/c19-12-2-1-3-14(8-12)24-28(25,26)15-9-16(21-10-15)18-23-22-17(27-18)11-4-6-13(20)7-5-11/h1-10,21,24H. The van der Waals surface area contributed by atoms with Gasteiger partial charge in [0.1, 0.15) is 16.4 Å². The highest BCUT2D eigenvalue weighted by Crippen LogP contribution is 2.26. The van der Waals surface area contributed by atoms with Gasteiger partial charge in [-0.2, -0.15) is 0 Å². The quantitative estimate of drug-likeness (QED) is 0.502. The number of nitrogens with one attached hydrogen (secondary N) is 2. The van der Waals surface area contributed by atoms with Crippen molar-refractivity contribution < 1.29 is 17.2 Å². The Kier molecular flexibility index (Phi) is 4.62. The summed E-state index contributed by atoms with van der Waals surface area (Å²) >= 11 is 5.88. The Morgan fingerprint density at radius 3 is 2.54 bits per heavy atom. The van der Waals surface area contributed by atoms with Gasteiger partial charge in [-0.1, -0.05) is 17.7 Å². The molecule has 28 heavy (non-hydrogen) atoms. The van der Waals surface area contributed by atoms with Crippen molar-refractivity contribution in [3.8, 4) is 23.0 Å². The average molecular weight is 419 g/mol. The lowest BCUT2D eigenvalue weighted by atomic mass is 10.2. The maximum atomic E-state index is 13.0. The average Bonchev–Trinajstić information content (AvgIpc) is 3.32. The molecule has 7 nitrogen and oxygen atoms in total. The molecule has 0 aliphatic carbocycles. The first-order chi connectivity index (χ1) is 13.4. The minimum atomic E-state index is -3.84. The molecule has 4 rings (SSSR count). The van der Waals surface area contributed by atoms with Crippen molar-refractivity contribution in [1.82, 2.24) is 15.2 Å². The number of hydrogen-bond acceptors (Lipinski definition) is 5. The molecule has 0 saturated heterocycles. The molecule has 0 aliphatic rings. The number of aromatic amines is 1. The molecular formula is C18H12ClFN4O3S. The van der Waals surface area contributed by atoms with Crippen LogP contribution in [0.2, 0.25) is 5.02 Å². The van der Waals surface area contributed by atoms with Gasteiger partial charge in [0.25, 0.3) is 15.9 Å². The van der Waals surface area contributed by atoms with E-state index in [0.29, 0.717) is 22.0 Å². The Labute approximate surface area is 164 Å². The largest absolute Gasteiger partial charge is 0.415 e. The van der Waals surface area contributed by atoms with E-state index in [1.165, 1.54) is 42.6 Å². The molecule has 0 bridgehead atoms. The van der Waals surface area contributed by atoms with Gasteiger partial charge in [0, 0.05) is 16.8 Å². The van der Waals surface area contributed by atoms with Crippen molar-refractivity contribution in [1.29, 1.82) is 0 Å². The van der Waals surface area contributed by atoms with Crippen molar-refractivity contribution in [3.63, 3.8) is 0 Å². The Hall–Kier alpha value is -3.17. The van der Waals surface area contributed by atoms with E-state index in [9.17, 15) is 12.8 Å². The third-order valence-electron chi connectivity index (χ3n) is 3.79. The molecule has 10 heteroatoms. The van der Waals surface area contributed by atoms with Gasteiger partial charge < -0.3 is 9.40 Å². The van der Waals surface area contributed by atoms with Crippen LogP contribution in [0.4, 0.5) is 10.1 Å². The second-order valence-electron chi connectivity index (χ2n) is 5.78. The van der Waals surface area contributed by atoms with E-state index in [-0.39, 0.29) is 22.5 Å². The van der Waals surface area contributed by atoms with E-state index >= 15 is 0 Å². The molecule has 2 heterocycles. The van der Waals surface area contributed by atoms with E-state index in [1.807, 2.05) is 0 Å². The Bertz CT molecular complexity index is 1240. The fourth-order valence-electron chi connectivity index (χ4n) is 2.46. The minimum absolute atomic E-state index is 0.0102. The summed E-state index contributed by atoms with van der Waals surface area (Å²) in [5, 5.41) is 8.22. The van der Waals surface area contributed by atoms with Gasteiger partial charge in [0.2, 0.25) is 5.89 Å². The van der Waals surface area contributed by atoms with Crippen LogP contribution < -0.4 is 4.72 Å². The predicted octanol–water partition coefficient (Wildman–Crippen LogP) is 4.33. The molecule has 2 aromatic carbocycles. The summed E-state index contributed by atoms with van der Waals surface area (Å²) in [5.41, 5.74) is 1.21. The summed E-state index contributed by atoms with van der Waals surface area (Å²) in [6.07, 6.45) is 1.31. The van der Waals surface area contributed by atoms with E-state index in [4.69, 9.17) is 16.0 Å². The molecule has 0 fully saturated rings. The summed E-state index contributed by atoms with van der Waals surface area (Å²) in [4.78, 5) is 2.79. The summed E-state index contributed by atoms with van der Waals surface area (Å²) in [6.45, 7) is 0. The number of aromatic nitrogens is 3. The topological polar surface area (TPSA) is 101 Å². The molecule has 0 radical (unpaired) electrons. The van der Waals surface area contributed by atoms with Crippen LogP contribution in [0.3, 0.4) is 0 Å². The number of halogens is 2. The van der Waals surface area contributed by atoms with Gasteiger partial charge in [0.05, 0.1) is 5.69 Å². The second-order valence-corrected chi connectivity index (χ2v) is 7.90. The zero-order valence-corrected chi connectivity index (χ0v) is 15.6. The Balaban J connectivity index is 1.58. The van der Waals surface area contributed by atoms with Gasteiger partial charge in [-0.3, -0.25) is 4.72 Å². The second kappa shape index (κ2) is 7.10. The van der Waals surface area contributed by atoms with Crippen LogP contribution >= 0.6 is 11.6 Å². The first kappa shape index (κ1) is 18.2. The van der Waals surface area contributed by atoms with Crippen LogP contribution in [0, 0.1) is 5.82 Å². The lowest BCUT2D eigenvalue weighted by Crippen LogP contribution is -2.11. The SMILES string of the molecule is O=S(=O)(Nc1cccc(Cl)c1)c1c[nH]c(-c2nnc(-c3ccc(F)cc3)o2)c1. The number of sulfonamides is 1. The summed E-state index contributed by atoms with van der Waals surface area (Å²) in [5.74, 6) is -0.0931. The van der Waals surface area contributed by atoms with Crippen LogP contribution in [0.25, 0.3) is 23.0 Å². The summed E-state index contributed by atoms with van der Waals surface area (Å²) in [6, 6.07) is 13.3. The molecule has 2 aromatic heterocycles. The Morgan fingerprint density at radius 2 is 1.79 bits per heavy atom. The normalized spacial score (nSPS) is 11.5. The van der Waals surface area contributed by atoms with Crippen molar-refractivity contribution in [2.75, 3.05) is 4.72 Å². The van der Waals surface area contributed by atoms with E-state index in [1.54, 1.807) is 18.2 Å². The van der Waals surface area contributed by atoms with Crippen molar-refractivity contribution >= 4 is 27.3 Å². The van der Waals surface area contributed by atoms with Gasteiger partial charge in [0.15, 0.2) is 0 Å². The van der Waals surface area contributed by atoms with Crippen LogP contribution in [-0.2, 0) is 10.0 Å². The molecule has 0 unspecified atom stereocenters. The molecule has 0 saturated carbocycles. The van der Waals surface area contributed by atoms with Crippen molar-refractivity contribution in [2.45, 2.75) is 4.90 Å². The number of hydrogen-bond donors (Lipinski definition) is 2. The minimum Gasteiger partial charge on any atom is -0.415 e. The predicted molar refractivity (Wildman–Crippen MR) is 102 cm³/mol. The fourth-order valence-corrected chi connectivity index (χ4v) is 3.69. The number of anilines is 1. The fraction of sp³-hybridized carbons (Fsp3) is 0. The third kappa shape index (κ3) is 3.75. The molecule has 0 aliphatic heterocycles. The van der Waals surface area contributed by atoms with Gasteiger partial charge in [-0.05, 0) is 48.5 Å². The highest BCUT2D eigenvalue weighted by atomic mass is 35.5. The van der Waals surface area contributed by atoms with Gasteiger partial charge in [-0.25, -0.2) is 12.8 Å². The van der Waals surface area contributed by atoms with Crippen LogP contribution in [0.5, 0.6) is 0 Å². The molecule has 0 amide bonds. The summed E-state index contributed by atoms with van der Waals surface area (Å²) in [7, 11) is -3.84. The zero-order chi connectivity index (χ0) is 19.7. The highest BCUT2D eigenvalue weighted by molar-refractivity contribution is 7.92. The van der Waals surface area contributed by atoms with Crippen molar-refractivity contribution in [3.05, 3.63) is 71.6 Å². The van der Waals surface area contributed by atoms with Crippen LogP contribution in [0.15, 0.2) is 70.1 Å². The molecule has 4 aromatic rings. The smallest absolute Gasteiger partial charge is 0.264 e. The van der Waals surface area contributed by atoms with Gasteiger partial charge in [-0.15, -0.1) is 10.2 Å². The van der Waals surface area contributed by atoms with E-state index in [0.717, 1.165) is 0 Å². The van der Waals surface area contributed by atoms with Gasteiger partial charge >= 0.3 is 0 Å². The lowest BCUT2D eigenvalue weighted by molar-refractivity contribution is 0.582. The molecule has 2 N–H and O–H groups in total. The first-order valence-electron chi connectivity index (χ1n) is 7.97. The van der Waals surface area contributed by atoms with Crippen LogP contribution in [0.1, 0.15) is 0 Å². The zero-order valence-electron chi connectivity index (χ0n) is 14.1. The monoisotopic (exact) mass is 418 g/mol.